The average molecular weight is 523 g/mol. The first-order valence-electron chi connectivity index (χ1n) is 10.5. The van der Waals surface area contributed by atoms with E-state index in [9.17, 15) is 18.0 Å². The van der Waals surface area contributed by atoms with Gasteiger partial charge in [-0.3, -0.25) is 4.79 Å². The van der Waals surface area contributed by atoms with E-state index < -0.39 is 21.9 Å². The highest BCUT2D eigenvalue weighted by molar-refractivity contribution is 7.89. The van der Waals surface area contributed by atoms with Gasteiger partial charge in [-0.1, -0.05) is 11.6 Å². The maximum Gasteiger partial charge on any atom is 0.348 e. The van der Waals surface area contributed by atoms with Crippen LogP contribution in [0.4, 0.5) is 5.69 Å². The molecule has 1 fully saturated rings. The summed E-state index contributed by atoms with van der Waals surface area (Å²) in [6.45, 7) is 0.357. The van der Waals surface area contributed by atoms with Crippen LogP contribution in [0.2, 0.25) is 5.02 Å². The van der Waals surface area contributed by atoms with E-state index in [1.165, 1.54) is 42.0 Å². The van der Waals surface area contributed by atoms with Crippen molar-refractivity contribution in [2.75, 3.05) is 32.6 Å². The molecule has 0 unspecified atom stereocenters. The molecular weight excluding hydrogens is 500 g/mol. The van der Waals surface area contributed by atoms with Crippen molar-refractivity contribution in [3.8, 4) is 5.75 Å². The number of nitrogens with zero attached hydrogens (tertiary/aromatic N) is 1. The third-order valence-electron chi connectivity index (χ3n) is 5.67. The lowest BCUT2D eigenvalue weighted by Gasteiger charge is -2.31. The summed E-state index contributed by atoms with van der Waals surface area (Å²) in [4.78, 5) is 25.2. The van der Waals surface area contributed by atoms with E-state index in [1.54, 1.807) is 24.3 Å². The number of halogens is 1. The second-order valence-corrected chi connectivity index (χ2v) is 11.3. The van der Waals surface area contributed by atoms with Crippen LogP contribution in [0.25, 0.3) is 10.1 Å². The zero-order valence-electron chi connectivity index (χ0n) is 18.5. The zero-order valence-corrected chi connectivity index (χ0v) is 20.9. The largest absolute Gasteiger partial charge is 0.495 e. The average Bonchev–Trinajstić information content (AvgIpc) is 3.27. The molecule has 1 aliphatic heterocycles. The highest BCUT2D eigenvalue weighted by Crippen LogP contribution is 2.33. The predicted octanol–water partition coefficient (Wildman–Crippen LogP) is 4.39. The molecule has 2 heterocycles. The Morgan fingerprint density at radius 3 is 2.68 bits per heavy atom. The maximum absolute atomic E-state index is 13.3. The summed E-state index contributed by atoms with van der Waals surface area (Å²) >= 11 is 7.34. The lowest BCUT2D eigenvalue weighted by molar-refractivity contribution is -0.120. The molecule has 1 amide bonds. The van der Waals surface area contributed by atoms with E-state index in [1.807, 2.05) is 6.07 Å². The first kappa shape index (κ1) is 24.5. The van der Waals surface area contributed by atoms with Crippen molar-refractivity contribution in [1.82, 2.24) is 4.31 Å². The molecule has 1 atom stereocenters. The van der Waals surface area contributed by atoms with Crippen molar-refractivity contribution in [1.29, 1.82) is 0 Å². The molecule has 0 bridgehead atoms. The van der Waals surface area contributed by atoms with Crippen molar-refractivity contribution in [3.05, 3.63) is 52.4 Å². The van der Waals surface area contributed by atoms with Gasteiger partial charge in [0.05, 0.1) is 20.1 Å². The SMILES string of the molecule is COC(=O)c1cc2cc(NC(=O)[C@H]3CCCN(S(=O)(=O)c4cc(Cl)ccc4OC)C3)ccc2s1. The van der Waals surface area contributed by atoms with Crippen LogP contribution in [0, 0.1) is 5.92 Å². The quantitative estimate of drug-likeness (QED) is 0.482. The molecule has 180 valence electrons. The number of nitrogens with one attached hydrogen (secondary N) is 1. The number of rotatable bonds is 6. The lowest BCUT2D eigenvalue weighted by atomic mass is 9.98. The Morgan fingerprint density at radius 1 is 1.15 bits per heavy atom. The number of amides is 1. The normalized spacial score (nSPS) is 16.9. The number of carbonyl (C=O) groups is 2. The molecule has 3 aromatic rings. The number of hydrogen-bond acceptors (Lipinski definition) is 7. The second kappa shape index (κ2) is 9.91. The Morgan fingerprint density at radius 2 is 1.94 bits per heavy atom. The number of thiophene rings is 1. The minimum absolute atomic E-state index is 0.0205. The molecule has 1 saturated heterocycles. The second-order valence-electron chi connectivity index (χ2n) is 7.84. The Bertz CT molecular complexity index is 1350. The number of ether oxygens (including phenoxy) is 2. The number of fused-ring (bicyclic) bond motifs is 1. The molecule has 34 heavy (non-hydrogen) atoms. The number of sulfonamides is 1. The molecule has 4 rings (SSSR count). The number of methoxy groups -OCH3 is 2. The topological polar surface area (TPSA) is 102 Å². The van der Waals surface area contributed by atoms with Crippen LogP contribution in [-0.2, 0) is 19.6 Å². The van der Waals surface area contributed by atoms with Gasteiger partial charge in [-0.15, -0.1) is 11.3 Å². The first-order chi connectivity index (χ1) is 16.2. The highest BCUT2D eigenvalue weighted by Gasteiger charge is 2.35. The predicted molar refractivity (Wildman–Crippen MR) is 131 cm³/mol. The van der Waals surface area contributed by atoms with E-state index in [0.29, 0.717) is 30.0 Å². The lowest BCUT2D eigenvalue weighted by Crippen LogP contribution is -2.43. The molecule has 2 aromatic carbocycles. The van der Waals surface area contributed by atoms with Gasteiger partial charge in [-0.05, 0) is 60.7 Å². The van der Waals surface area contributed by atoms with Crippen molar-refractivity contribution in [2.24, 2.45) is 5.92 Å². The zero-order chi connectivity index (χ0) is 24.5. The van der Waals surface area contributed by atoms with E-state index in [2.05, 4.69) is 5.32 Å². The van der Waals surface area contributed by atoms with Crippen molar-refractivity contribution < 1.29 is 27.5 Å². The monoisotopic (exact) mass is 522 g/mol. The molecule has 0 aliphatic carbocycles. The summed E-state index contributed by atoms with van der Waals surface area (Å²) in [7, 11) is -1.18. The van der Waals surface area contributed by atoms with E-state index in [0.717, 1.165) is 10.1 Å². The van der Waals surface area contributed by atoms with Gasteiger partial charge in [0.1, 0.15) is 15.5 Å². The number of benzene rings is 2. The fourth-order valence-corrected chi connectivity index (χ4v) is 6.84. The van der Waals surface area contributed by atoms with Crippen molar-refractivity contribution >= 4 is 60.6 Å². The first-order valence-corrected chi connectivity index (χ1v) is 13.1. The molecule has 0 saturated carbocycles. The van der Waals surface area contributed by atoms with E-state index in [-0.39, 0.29) is 28.1 Å². The van der Waals surface area contributed by atoms with Gasteiger partial charge < -0.3 is 14.8 Å². The van der Waals surface area contributed by atoms with Crippen LogP contribution in [0.15, 0.2) is 47.4 Å². The molecule has 1 N–H and O–H groups in total. The van der Waals surface area contributed by atoms with Gasteiger partial charge >= 0.3 is 5.97 Å². The minimum atomic E-state index is -3.90. The van der Waals surface area contributed by atoms with Crippen molar-refractivity contribution in [3.63, 3.8) is 0 Å². The summed E-state index contributed by atoms with van der Waals surface area (Å²) in [5.41, 5.74) is 0.572. The van der Waals surface area contributed by atoms with Gasteiger partial charge in [0, 0.05) is 28.5 Å². The Labute approximate surface area is 206 Å². The maximum atomic E-state index is 13.3. The fourth-order valence-electron chi connectivity index (χ4n) is 3.93. The Kier molecular flexibility index (Phi) is 7.13. The summed E-state index contributed by atoms with van der Waals surface area (Å²) in [6, 6.07) is 11.5. The number of esters is 1. The van der Waals surface area contributed by atoms with Crippen LogP contribution in [0.1, 0.15) is 22.5 Å². The molecular formula is C23H23ClN2O6S2. The summed E-state index contributed by atoms with van der Waals surface area (Å²) in [5, 5.41) is 3.97. The number of anilines is 1. The smallest absolute Gasteiger partial charge is 0.348 e. The summed E-state index contributed by atoms with van der Waals surface area (Å²) in [6.07, 6.45) is 1.12. The third kappa shape index (κ3) is 4.90. The fraction of sp³-hybridized carbons (Fsp3) is 0.304. The Hall–Kier alpha value is -2.66. The van der Waals surface area contributed by atoms with Crippen LogP contribution < -0.4 is 10.1 Å². The number of carbonyl (C=O) groups excluding carboxylic acids is 2. The number of hydrogen-bond donors (Lipinski definition) is 1. The van der Waals surface area contributed by atoms with Gasteiger partial charge in [0.25, 0.3) is 0 Å². The summed E-state index contributed by atoms with van der Waals surface area (Å²) < 4.78 is 38.8. The molecule has 11 heteroatoms. The summed E-state index contributed by atoms with van der Waals surface area (Å²) in [5.74, 6) is -0.990. The van der Waals surface area contributed by atoms with Crippen LogP contribution in [0.5, 0.6) is 5.75 Å². The molecule has 0 radical (unpaired) electrons. The van der Waals surface area contributed by atoms with Gasteiger partial charge in [-0.25, -0.2) is 13.2 Å². The third-order valence-corrected chi connectivity index (χ3v) is 8.89. The van der Waals surface area contributed by atoms with Crippen LogP contribution >= 0.6 is 22.9 Å². The standard InChI is InChI=1S/C23H23ClN2O6S2/c1-31-18-7-5-16(24)12-21(18)34(29,30)26-9-3-4-14(13-26)22(27)25-17-6-8-19-15(10-17)11-20(33-19)23(28)32-2/h5-8,10-12,14H,3-4,9,13H2,1-2H3,(H,25,27)/t14-/m0/s1. The van der Waals surface area contributed by atoms with Crippen LogP contribution in [-0.4, -0.2) is 51.9 Å². The number of piperidine rings is 1. The van der Waals surface area contributed by atoms with Gasteiger partial charge in [0.2, 0.25) is 15.9 Å². The molecule has 8 nitrogen and oxygen atoms in total. The molecule has 1 aromatic heterocycles. The Balaban J connectivity index is 1.50. The van der Waals surface area contributed by atoms with Gasteiger partial charge in [0.15, 0.2) is 0 Å². The molecule has 0 spiro atoms. The van der Waals surface area contributed by atoms with E-state index >= 15 is 0 Å². The van der Waals surface area contributed by atoms with Gasteiger partial charge in [-0.2, -0.15) is 4.31 Å². The van der Waals surface area contributed by atoms with E-state index in [4.69, 9.17) is 21.1 Å². The van der Waals surface area contributed by atoms with Crippen molar-refractivity contribution in [2.45, 2.75) is 17.7 Å². The molecule has 1 aliphatic rings. The highest BCUT2D eigenvalue weighted by atomic mass is 35.5. The van der Waals surface area contributed by atoms with Crippen LogP contribution in [0.3, 0.4) is 0 Å². The minimum Gasteiger partial charge on any atom is -0.495 e.